The average molecular weight is 446 g/mol. The molecule has 0 bridgehead atoms. The summed E-state index contributed by atoms with van der Waals surface area (Å²) in [5, 5.41) is 0. The molecule has 26 heavy (non-hydrogen) atoms. The van der Waals surface area contributed by atoms with E-state index in [-0.39, 0.29) is 17.2 Å². The van der Waals surface area contributed by atoms with Gasteiger partial charge in [-0.2, -0.15) is 0 Å². The van der Waals surface area contributed by atoms with Gasteiger partial charge in [0.2, 0.25) is 15.8 Å². The second-order valence-electron chi connectivity index (χ2n) is 5.15. The molecular weight excluding hydrogens is 426 g/mol. The Morgan fingerprint density at radius 3 is 1.96 bits per heavy atom. The summed E-state index contributed by atoms with van der Waals surface area (Å²) in [6, 6.07) is 8.13. The molecule has 2 rings (SSSR count). The highest BCUT2D eigenvalue weighted by molar-refractivity contribution is 9.10. The molecule has 1 N–H and O–H groups in total. The zero-order valence-corrected chi connectivity index (χ0v) is 17.2. The lowest BCUT2D eigenvalue weighted by Crippen LogP contribution is -2.24. The Kier molecular flexibility index (Phi) is 6.74. The van der Waals surface area contributed by atoms with Gasteiger partial charge >= 0.3 is 0 Å². The Morgan fingerprint density at radius 2 is 1.46 bits per heavy atom. The van der Waals surface area contributed by atoms with E-state index >= 15 is 0 Å². The van der Waals surface area contributed by atoms with Crippen LogP contribution in [0.15, 0.2) is 39.7 Å². The highest BCUT2D eigenvalue weighted by Gasteiger charge is 2.21. The van der Waals surface area contributed by atoms with Gasteiger partial charge in [-0.25, -0.2) is 13.1 Å². The number of halogens is 1. The number of hydrogen-bond donors (Lipinski definition) is 1. The number of rotatable bonds is 8. The lowest BCUT2D eigenvalue weighted by molar-refractivity contribution is 0.323. The molecule has 142 valence electrons. The third-order valence-corrected chi connectivity index (χ3v) is 5.52. The van der Waals surface area contributed by atoms with E-state index in [0.29, 0.717) is 27.3 Å². The number of sulfonamides is 1. The fourth-order valence-corrected chi connectivity index (χ4v) is 4.08. The highest BCUT2D eigenvalue weighted by atomic mass is 79.9. The number of ether oxygens (including phenoxy) is 4. The van der Waals surface area contributed by atoms with Crippen LogP contribution in [0.1, 0.15) is 5.56 Å². The minimum Gasteiger partial charge on any atom is -0.495 e. The van der Waals surface area contributed by atoms with Crippen LogP contribution in [0.2, 0.25) is 0 Å². The molecule has 0 saturated carbocycles. The van der Waals surface area contributed by atoms with E-state index < -0.39 is 10.0 Å². The first-order valence-electron chi connectivity index (χ1n) is 7.48. The minimum absolute atomic E-state index is 0.0364. The van der Waals surface area contributed by atoms with Crippen LogP contribution in [0.3, 0.4) is 0 Å². The van der Waals surface area contributed by atoms with Crippen molar-refractivity contribution in [1.29, 1.82) is 0 Å². The molecule has 0 spiro atoms. The molecule has 0 amide bonds. The van der Waals surface area contributed by atoms with Crippen molar-refractivity contribution in [1.82, 2.24) is 4.72 Å². The lowest BCUT2D eigenvalue weighted by Gasteiger charge is -2.15. The summed E-state index contributed by atoms with van der Waals surface area (Å²) >= 11 is 3.27. The van der Waals surface area contributed by atoms with E-state index in [1.54, 1.807) is 24.3 Å². The van der Waals surface area contributed by atoms with Crippen molar-refractivity contribution in [2.45, 2.75) is 11.4 Å². The number of hydrogen-bond acceptors (Lipinski definition) is 6. The van der Waals surface area contributed by atoms with Crippen LogP contribution in [0, 0.1) is 0 Å². The largest absolute Gasteiger partial charge is 0.495 e. The molecule has 0 aromatic heterocycles. The summed E-state index contributed by atoms with van der Waals surface area (Å²) in [5.74, 6) is 1.59. The van der Waals surface area contributed by atoms with Crippen LogP contribution in [-0.2, 0) is 16.6 Å². The molecule has 9 heteroatoms. The van der Waals surface area contributed by atoms with Crippen molar-refractivity contribution in [3.8, 4) is 23.0 Å². The van der Waals surface area contributed by atoms with Gasteiger partial charge in [0.05, 0.1) is 28.4 Å². The van der Waals surface area contributed by atoms with Gasteiger partial charge in [-0.3, -0.25) is 0 Å². The predicted molar refractivity (Wildman–Crippen MR) is 101 cm³/mol. The molecule has 2 aromatic rings. The summed E-state index contributed by atoms with van der Waals surface area (Å²) in [5.41, 5.74) is 0.650. The lowest BCUT2D eigenvalue weighted by atomic mass is 10.2. The summed E-state index contributed by atoms with van der Waals surface area (Å²) in [6.07, 6.45) is 0. The molecule has 0 fully saturated rings. The molecule has 0 unspecified atom stereocenters. The van der Waals surface area contributed by atoms with Gasteiger partial charge in [0.25, 0.3) is 0 Å². The van der Waals surface area contributed by atoms with E-state index in [9.17, 15) is 8.42 Å². The molecule has 0 atom stereocenters. The zero-order valence-electron chi connectivity index (χ0n) is 14.8. The third-order valence-electron chi connectivity index (χ3n) is 3.61. The first-order chi connectivity index (χ1) is 12.4. The minimum atomic E-state index is -3.80. The molecule has 2 aromatic carbocycles. The van der Waals surface area contributed by atoms with E-state index in [1.807, 2.05) is 0 Å². The average Bonchev–Trinajstić information content (AvgIpc) is 2.65. The summed E-state index contributed by atoms with van der Waals surface area (Å²) in [7, 11) is 2.12. The number of nitrogens with one attached hydrogen (secondary N) is 1. The summed E-state index contributed by atoms with van der Waals surface area (Å²) in [4.78, 5) is 0.0433. The number of methoxy groups -OCH3 is 4. The van der Waals surface area contributed by atoms with Crippen LogP contribution < -0.4 is 23.7 Å². The molecule has 0 radical (unpaired) electrons. The molecule has 0 aliphatic carbocycles. The topological polar surface area (TPSA) is 83.1 Å². The van der Waals surface area contributed by atoms with Crippen LogP contribution in [0.25, 0.3) is 0 Å². The van der Waals surface area contributed by atoms with Crippen LogP contribution >= 0.6 is 15.9 Å². The number of benzene rings is 2. The fourth-order valence-electron chi connectivity index (χ4n) is 2.35. The predicted octanol–water partition coefficient (Wildman–Crippen LogP) is 2.96. The van der Waals surface area contributed by atoms with Crippen molar-refractivity contribution >= 4 is 26.0 Å². The molecule has 0 saturated heterocycles. The fraction of sp³-hybridized carbons (Fsp3) is 0.294. The Bertz CT molecular complexity index is 860. The van der Waals surface area contributed by atoms with Gasteiger partial charge in [0.1, 0.15) is 10.6 Å². The van der Waals surface area contributed by atoms with Crippen molar-refractivity contribution < 1.29 is 27.4 Å². The van der Waals surface area contributed by atoms with Crippen LogP contribution in [0.5, 0.6) is 23.0 Å². The Morgan fingerprint density at radius 1 is 0.885 bits per heavy atom. The van der Waals surface area contributed by atoms with Gasteiger partial charge in [-0.1, -0.05) is 15.9 Å². The van der Waals surface area contributed by atoms with Crippen molar-refractivity contribution in [3.63, 3.8) is 0 Å². The van der Waals surface area contributed by atoms with Crippen molar-refractivity contribution in [3.05, 3.63) is 40.4 Å². The Labute approximate surface area is 161 Å². The van der Waals surface area contributed by atoms with Gasteiger partial charge in [-0.15, -0.1) is 0 Å². The monoisotopic (exact) mass is 445 g/mol. The van der Waals surface area contributed by atoms with E-state index in [4.69, 9.17) is 18.9 Å². The standard InChI is InChI=1S/C17H20BrNO6S/c1-22-13-6-5-12(18)9-16(13)26(20,21)19-10-11-7-14(23-2)17(25-4)15(8-11)24-3/h5-9,19H,10H2,1-4H3. The smallest absolute Gasteiger partial charge is 0.244 e. The maximum absolute atomic E-state index is 12.7. The summed E-state index contributed by atoms with van der Waals surface area (Å²) in [6.45, 7) is 0.0364. The second-order valence-corrected chi connectivity index (χ2v) is 7.80. The van der Waals surface area contributed by atoms with Gasteiger partial charge in [0, 0.05) is 11.0 Å². The van der Waals surface area contributed by atoms with Gasteiger partial charge in [0.15, 0.2) is 11.5 Å². The molecule has 0 heterocycles. The highest BCUT2D eigenvalue weighted by Crippen LogP contribution is 2.38. The van der Waals surface area contributed by atoms with E-state index in [0.717, 1.165) is 0 Å². The van der Waals surface area contributed by atoms with Gasteiger partial charge < -0.3 is 18.9 Å². The SMILES string of the molecule is COc1ccc(Br)cc1S(=O)(=O)NCc1cc(OC)c(OC)c(OC)c1. The van der Waals surface area contributed by atoms with Crippen LogP contribution in [-0.4, -0.2) is 36.9 Å². The first kappa shape index (κ1) is 20.3. The van der Waals surface area contributed by atoms with Crippen molar-refractivity contribution in [2.24, 2.45) is 0 Å². The second kappa shape index (κ2) is 8.61. The van der Waals surface area contributed by atoms with Crippen LogP contribution in [0.4, 0.5) is 0 Å². The van der Waals surface area contributed by atoms with Gasteiger partial charge in [-0.05, 0) is 35.9 Å². The molecular formula is C17H20BrNO6S. The van der Waals surface area contributed by atoms with E-state index in [2.05, 4.69) is 20.7 Å². The normalized spacial score (nSPS) is 11.1. The maximum atomic E-state index is 12.7. The third kappa shape index (κ3) is 4.40. The van der Waals surface area contributed by atoms with E-state index in [1.165, 1.54) is 34.5 Å². The van der Waals surface area contributed by atoms with Crippen molar-refractivity contribution in [2.75, 3.05) is 28.4 Å². The molecule has 0 aliphatic rings. The maximum Gasteiger partial charge on any atom is 0.244 e. The quantitative estimate of drug-likeness (QED) is 0.672. The molecule has 0 aliphatic heterocycles. The summed E-state index contributed by atoms with van der Waals surface area (Å²) < 4.78 is 49.5. The molecule has 7 nitrogen and oxygen atoms in total. The zero-order chi connectivity index (χ0) is 19.3. The Hall–Kier alpha value is -1.97. The Balaban J connectivity index is 2.32. The first-order valence-corrected chi connectivity index (χ1v) is 9.76.